The molecule has 14 nitrogen and oxygen atoms in total. The third-order valence-electron chi connectivity index (χ3n) is 7.55. The van der Waals surface area contributed by atoms with E-state index < -0.39 is 83.4 Å². The van der Waals surface area contributed by atoms with Gasteiger partial charge < -0.3 is 36.3 Å². The molecule has 0 aliphatic rings. The maximum absolute atomic E-state index is 13.9. The molecule has 0 saturated carbocycles. The Kier molecular flexibility index (Phi) is 16.0. The first kappa shape index (κ1) is 43.4. The molecule has 5 amide bonds. The summed E-state index contributed by atoms with van der Waals surface area (Å²) in [5, 5.41) is 12.4. The maximum Gasteiger partial charge on any atom is 0.452 e. The number of amides is 5. The Morgan fingerprint density at radius 3 is 1.85 bits per heavy atom. The second-order valence-corrected chi connectivity index (χ2v) is 14.0. The number of Topliss-reactive ketones (excluding diaryl/α,β-unsaturated/α-hetero) is 1. The largest absolute Gasteiger partial charge is 0.452 e. The number of H-pyrrole nitrogens is 1. The topological polar surface area (TPSA) is 200 Å². The van der Waals surface area contributed by atoms with Gasteiger partial charge in [-0.3, -0.25) is 28.8 Å². The molecule has 17 heteroatoms. The summed E-state index contributed by atoms with van der Waals surface area (Å²) in [5.74, 6) is -6.21. The quantitative estimate of drug-likeness (QED) is 0.134. The van der Waals surface area contributed by atoms with Crippen molar-refractivity contribution in [1.82, 2.24) is 36.6 Å². The smallest absolute Gasteiger partial charge is 0.370 e. The van der Waals surface area contributed by atoms with E-state index in [1.807, 2.05) is 19.2 Å². The van der Waals surface area contributed by atoms with E-state index in [4.69, 9.17) is 4.74 Å². The van der Waals surface area contributed by atoms with E-state index in [1.54, 1.807) is 51.1 Å². The lowest BCUT2D eigenvalue weighted by Gasteiger charge is -2.32. The van der Waals surface area contributed by atoms with Gasteiger partial charge in [0.1, 0.15) is 24.2 Å². The van der Waals surface area contributed by atoms with Crippen molar-refractivity contribution in [3.8, 4) is 0 Å². The van der Waals surface area contributed by atoms with Gasteiger partial charge in [-0.25, -0.2) is 4.98 Å². The highest BCUT2D eigenvalue weighted by atomic mass is 19.4. The Bertz CT molecular complexity index is 1510. The van der Waals surface area contributed by atoms with Crippen molar-refractivity contribution in [3.63, 3.8) is 0 Å². The predicted molar refractivity (Wildman–Crippen MR) is 184 cm³/mol. The number of nitrogens with zero attached hydrogens (tertiary/aromatic N) is 1. The van der Waals surface area contributed by atoms with Gasteiger partial charge in [0.05, 0.1) is 24.1 Å². The molecule has 1 heterocycles. The number of aromatic amines is 1. The number of carbonyl (C=O) groups excluding carboxylic acids is 6. The molecule has 288 valence electrons. The standard InChI is InChI=1S/C35H50F3N7O7/c1-19(2)14-25(43-31(49)26(42-22(5)46)15-23-12-10-9-11-13-23)30(48)44-27(16-24-17-39-18-40-24)32(50)45-28(21(4)52-34(6,7)8)33(51)41-20(3)29(47)35(36,37)38/h9-13,17-21,25-28H,14-16H2,1-8H3,(H,39,40)(H,41,51)(H,42,46)(H,43,49)(H,44,48)(H,45,50)/t20?,21-,25+,26+,27+,28+/m1/s1. The van der Waals surface area contributed by atoms with Gasteiger partial charge in [0.2, 0.25) is 29.5 Å². The third-order valence-corrected chi connectivity index (χ3v) is 7.55. The number of halogens is 3. The summed E-state index contributed by atoms with van der Waals surface area (Å²) in [7, 11) is 0. The number of hydrogen-bond acceptors (Lipinski definition) is 8. The molecule has 0 fully saturated rings. The van der Waals surface area contributed by atoms with Crippen LogP contribution in [0.15, 0.2) is 42.9 Å². The van der Waals surface area contributed by atoms with Gasteiger partial charge in [0.15, 0.2) is 0 Å². The van der Waals surface area contributed by atoms with E-state index in [0.717, 1.165) is 12.5 Å². The Hall–Kier alpha value is -4.80. The Labute approximate surface area is 301 Å². The van der Waals surface area contributed by atoms with Crippen LogP contribution in [-0.2, 0) is 46.3 Å². The lowest BCUT2D eigenvalue weighted by molar-refractivity contribution is -0.173. The van der Waals surface area contributed by atoms with Gasteiger partial charge in [-0.1, -0.05) is 44.2 Å². The van der Waals surface area contributed by atoms with Crippen LogP contribution in [-0.4, -0.2) is 93.4 Å². The zero-order valence-corrected chi connectivity index (χ0v) is 30.6. The highest BCUT2D eigenvalue weighted by molar-refractivity contribution is 5.97. The van der Waals surface area contributed by atoms with E-state index in [2.05, 4.69) is 31.2 Å². The van der Waals surface area contributed by atoms with Gasteiger partial charge in [-0.05, 0) is 52.5 Å². The number of ketones is 1. The minimum atomic E-state index is -5.22. The van der Waals surface area contributed by atoms with E-state index in [-0.39, 0.29) is 25.2 Å². The zero-order valence-electron chi connectivity index (χ0n) is 30.6. The van der Waals surface area contributed by atoms with Crippen molar-refractivity contribution < 1.29 is 46.7 Å². The molecule has 6 atom stereocenters. The normalized spacial score (nSPS) is 15.3. The molecule has 52 heavy (non-hydrogen) atoms. The lowest BCUT2D eigenvalue weighted by atomic mass is 10.00. The average Bonchev–Trinajstić information content (AvgIpc) is 3.54. The first-order valence-electron chi connectivity index (χ1n) is 16.9. The Balaban J connectivity index is 2.39. The number of aromatic nitrogens is 2. The fraction of sp³-hybridized carbons (Fsp3) is 0.571. The Morgan fingerprint density at radius 1 is 0.769 bits per heavy atom. The fourth-order valence-electron chi connectivity index (χ4n) is 5.27. The van der Waals surface area contributed by atoms with Crippen LogP contribution in [0.4, 0.5) is 13.2 Å². The van der Waals surface area contributed by atoms with Crippen molar-refractivity contribution >= 4 is 35.3 Å². The summed E-state index contributed by atoms with van der Waals surface area (Å²) in [6, 6.07) is 1.75. The number of carbonyl (C=O) groups is 6. The molecule has 0 aliphatic carbocycles. The highest BCUT2D eigenvalue weighted by Gasteiger charge is 2.43. The summed E-state index contributed by atoms with van der Waals surface area (Å²) >= 11 is 0. The molecule has 0 spiro atoms. The summed E-state index contributed by atoms with van der Waals surface area (Å²) < 4.78 is 45.1. The molecule has 1 aromatic heterocycles. The maximum atomic E-state index is 13.9. The van der Waals surface area contributed by atoms with Crippen molar-refractivity contribution in [2.24, 2.45) is 5.92 Å². The first-order valence-corrected chi connectivity index (χ1v) is 16.9. The highest BCUT2D eigenvalue weighted by Crippen LogP contribution is 2.19. The SMILES string of the molecule is CC(=O)N[C@@H](Cc1ccccc1)C(=O)N[C@@H](CC(C)C)C(=O)N[C@@H](Cc1cnc[nH]1)C(=O)N[C@H](C(=O)NC(C)C(=O)C(F)(F)F)[C@@H](C)OC(C)(C)C. The number of imidazole rings is 1. The van der Waals surface area contributed by atoms with Crippen LogP contribution in [0, 0.1) is 5.92 Å². The van der Waals surface area contributed by atoms with Crippen LogP contribution in [0.3, 0.4) is 0 Å². The van der Waals surface area contributed by atoms with Crippen LogP contribution < -0.4 is 26.6 Å². The minimum Gasteiger partial charge on any atom is -0.370 e. The third kappa shape index (κ3) is 14.8. The second-order valence-electron chi connectivity index (χ2n) is 14.0. The van der Waals surface area contributed by atoms with Crippen LogP contribution in [0.5, 0.6) is 0 Å². The van der Waals surface area contributed by atoms with Gasteiger partial charge in [-0.2, -0.15) is 13.2 Å². The van der Waals surface area contributed by atoms with Crippen LogP contribution in [0.2, 0.25) is 0 Å². The van der Waals surface area contributed by atoms with Gasteiger partial charge in [0.25, 0.3) is 5.78 Å². The molecule has 1 unspecified atom stereocenters. The molecule has 2 aromatic rings. The lowest BCUT2D eigenvalue weighted by Crippen LogP contribution is -2.62. The number of hydrogen-bond donors (Lipinski definition) is 6. The van der Waals surface area contributed by atoms with Gasteiger partial charge in [-0.15, -0.1) is 0 Å². The molecule has 6 N–H and O–H groups in total. The van der Waals surface area contributed by atoms with Crippen molar-refractivity contribution in [3.05, 3.63) is 54.1 Å². The number of rotatable bonds is 18. The van der Waals surface area contributed by atoms with E-state index >= 15 is 0 Å². The van der Waals surface area contributed by atoms with Crippen LogP contribution >= 0.6 is 0 Å². The number of alkyl halides is 3. The molecule has 2 rings (SSSR count). The molecule has 0 aliphatic heterocycles. The molecular formula is C35H50F3N7O7. The summed E-state index contributed by atoms with van der Waals surface area (Å²) in [6.07, 6.45) is -3.49. The van der Waals surface area contributed by atoms with E-state index in [0.29, 0.717) is 5.69 Å². The molecular weight excluding hydrogens is 687 g/mol. The second kappa shape index (κ2) is 19.2. The predicted octanol–water partition coefficient (Wildman–Crippen LogP) is 2.04. The Morgan fingerprint density at radius 2 is 1.33 bits per heavy atom. The van der Waals surface area contributed by atoms with Gasteiger partial charge >= 0.3 is 6.18 Å². The number of nitrogens with one attached hydrogen (secondary N) is 6. The van der Waals surface area contributed by atoms with Gasteiger partial charge in [0, 0.05) is 31.7 Å². The van der Waals surface area contributed by atoms with Crippen molar-refractivity contribution in [1.29, 1.82) is 0 Å². The van der Waals surface area contributed by atoms with Crippen molar-refractivity contribution in [2.45, 2.75) is 123 Å². The number of ether oxygens (including phenoxy) is 1. The zero-order chi connectivity index (χ0) is 39.4. The molecule has 0 saturated heterocycles. The average molecular weight is 738 g/mol. The van der Waals surface area contributed by atoms with E-state index in [9.17, 15) is 41.9 Å². The summed E-state index contributed by atoms with van der Waals surface area (Å²) in [5.41, 5.74) is 0.304. The van der Waals surface area contributed by atoms with E-state index in [1.165, 1.54) is 26.4 Å². The summed E-state index contributed by atoms with van der Waals surface area (Å²) in [6.45, 7) is 12.2. The monoisotopic (exact) mass is 737 g/mol. The fourth-order valence-corrected chi connectivity index (χ4v) is 5.27. The first-order chi connectivity index (χ1) is 24.1. The minimum absolute atomic E-state index is 0.117. The molecule has 1 aromatic carbocycles. The van der Waals surface area contributed by atoms with Crippen LogP contribution in [0.25, 0.3) is 0 Å². The van der Waals surface area contributed by atoms with Crippen LogP contribution in [0.1, 0.15) is 73.1 Å². The summed E-state index contributed by atoms with van der Waals surface area (Å²) in [4.78, 5) is 85.1. The number of benzene rings is 1. The molecule has 0 radical (unpaired) electrons. The van der Waals surface area contributed by atoms with Crippen molar-refractivity contribution in [2.75, 3.05) is 0 Å². The molecule has 0 bridgehead atoms.